The van der Waals surface area contributed by atoms with Crippen LogP contribution in [0.2, 0.25) is 0 Å². The van der Waals surface area contributed by atoms with Crippen LogP contribution in [-0.4, -0.2) is 87.9 Å². The molecule has 0 aliphatic carbocycles. The fraction of sp³-hybridized carbons (Fsp3) is 0.476. The molecule has 0 amide bonds. The number of nitrogens with zero attached hydrogens (tertiary/aromatic N) is 6. The summed E-state index contributed by atoms with van der Waals surface area (Å²) in [5.74, 6) is 0.117. The molecule has 0 radical (unpaired) electrons. The fourth-order valence-corrected chi connectivity index (χ4v) is 7.33. The molecule has 4 aromatic rings. The maximum absolute atomic E-state index is 15.4. The zero-order valence-electron chi connectivity index (χ0n) is 22.2. The lowest BCUT2D eigenvalue weighted by molar-refractivity contribution is -0.0501. The molecule has 2 aliphatic rings. The summed E-state index contributed by atoms with van der Waals surface area (Å²) in [6, 6.07) is 1.58. The quantitative estimate of drug-likeness (QED) is 0.0987. The third-order valence-corrected chi connectivity index (χ3v) is 9.35. The summed E-state index contributed by atoms with van der Waals surface area (Å²) in [6.07, 6.45) is -4.41. The maximum Gasteiger partial charge on any atom is 0.582 e. The van der Waals surface area contributed by atoms with Crippen molar-refractivity contribution < 1.29 is 42.0 Å². The lowest BCUT2D eigenvalue weighted by atomic mass is 10.1. The van der Waals surface area contributed by atoms with Crippen LogP contribution in [0.25, 0.3) is 16.8 Å². The van der Waals surface area contributed by atoms with E-state index in [9.17, 15) is 19.4 Å². The van der Waals surface area contributed by atoms with Crippen molar-refractivity contribution in [2.75, 3.05) is 24.7 Å². The number of aromatic nitrogens is 7. The molecule has 7 N–H and O–H groups in total. The summed E-state index contributed by atoms with van der Waals surface area (Å²) in [7, 11) is -2.36. The van der Waals surface area contributed by atoms with E-state index in [2.05, 4.69) is 37.3 Å². The van der Waals surface area contributed by atoms with E-state index >= 15 is 4.39 Å². The predicted molar refractivity (Wildman–Crippen MR) is 157 cm³/mol. The van der Waals surface area contributed by atoms with Crippen LogP contribution in [0, 0.1) is 0 Å². The molecule has 236 valence electrons. The summed E-state index contributed by atoms with van der Waals surface area (Å²) in [5.41, 5.74) is 11.8. The van der Waals surface area contributed by atoms with Gasteiger partial charge in [-0.1, -0.05) is 0 Å². The highest BCUT2D eigenvalue weighted by molar-refractivity contribution is 8.39. The third-order valence-electron chi connectivity index (χ3n) is 7.06. The number of hydrogen-bond acceptors (Lipinski definition) is 15. The lowest BCUT2D eigenvalue weighted by Crippen LogP contribution is -2.32. The zero-order valence-corrected chi connectivity index (χ0v) is 25.7. The standard InChI is InChI=1S/C21H24FN9O9P2S2/c22-14-11(5-32)38-20(30-7-26-15-18(30)28-21(24)29-19(15)33)16(14)40-42(35,44)36-6-12-10(39-41(34)43)3-9(37-12)8-4-27-31-13(23)1-2-25-17(8)31/h1-2,4,7,9-12,14,16,20,32H,3,5-6H2,(H6-,23,24,25,27,28,29,33,34,35,43,44)/p+1/t9-,10+,11-,12-,14-,16-,20-,42?/m1/s1. The summed E-state index contributed by atoms with van der Waals surface area (Å²) < 4.78 is 58.2. The van der Waals surface area contributed by atoms with Gasteiger partial charge in [-0.3, -0.25) is 18.9 Å². The molecule has 18 nitrogen and oxygen atoms in total. The highest BCUT2D eigenvalue weighted by Gasteiger charge is 2.50. The number of aliphatic hydroxyl groups excluding tert-OH is 1. The topological polar surface area (TPSA) is 249 Å². The van der Waals surface area contributed by atoms with Crippen molar-refractivity contribution in [2.24, 2.45) is 0 Å². The van der Waals surface area contributed by atoms with Crippen molar-refractivity contribution in [3.05, 3.63) is 40.7 Å². The van der Waals surface area contributed by atoms with Crippen LogP contribution in [0.3, 0.4) is 0 Å². The van der Waals surface area contributed by atoms with Crippen LogP contribution in [0.15, 0.2) is 29.6 Å². The van der Waals surface area contributed by atoms with E-state index in [0.29, 0.717) is 17.0 Å². The minimum atomic E-state index is -4.26. The van der Waals surface area contributed by atoms with E-state index in [4.69, 9.17) is 46.3 Å². The predicted octanol–water partition coefficient (Wildman–Crippen LogP) is 0.676. The van der Waals surface area contributed by atoms with Gasteiger partial charge in [0.2, 0.25) is 5.95 Å². The minimum Gasteiger partial charge on any atom is -0.394 e. The molecular weight excluding hydrogens is 667 g/mol. The van der Waals surface area contributed by atoms with Crippen molar-refractivity contribution in [2.45, 2.75) is 49.3 Å². The summed E-state index contributed by atoms with van der Waals surface area (Å²) in [6.45, 7) is -5.42. The number of nitrogens with one attached hydrogen (secondary N) is 1. The first kappa shape index (κ1) is 31.3. The molecule has 2 unspecified atom stereocenters. The van der Waals surface area contributed by atoms with Crippen molar-refractivity contribution in [3.8, 4) is 0 Å². The second kappa shape index (κ2) is 12.3. The number of hydrogen-bond donors (Lipinski definition) is 6. The number of halogens is 1. The number of aromatic amines is 1. The molecule has 0 aromatic carbocycles. The summed E-state index contributed by atoms with van der Waals surface area (Å²) in [5, 5.41) is 13.9. The fourth-order valence-electron chi connectivity index (χ4n) is 5.10. The van der Waals surface area contributed by atoms with Crippen LogP contribution in [-0.2, 0) is 39.4 Å². The number of H-pyrrole nitrogens is 1. The van der Waals surface area contributed by atoms with Gasteiger partial charge in [-0.15, -0.1) is 4.52 Å². The maximum atomic E-state index is 15.4. The SMILES string of the molecule is Nc1nc2c(ncn2[C@@H]2O[C@H](CO)[C@@H](F)[C@H]2OP(O)(=S)OC[C@H]2O[C@@H](c3cnn4c(N)ccnc34)C[C@@H]2O[P+](=O)S)c(=O)[nH]1. The molecule has 9 atom stereocenters. The van der Waals surface area contributed by atoms with E-state index in [1.807, 2.05) is 0 Å². The highest BCUT2D eigenvalue weighted by atomic mass is 32.7. The lowest BCUT2D eigenvalue weighted by Gasteiger charge is -2.26. The molecule has 6 rings (SSSR count). The molecule has 2 saturated heterocycles. The summed E-state index contributed by atoms with van der Waals surface area (Å²) >= 11 is 9.03. The second-order valence-corrected chi connectivity index (χ2v) is 14.2. The molecule has 2 fully saturated rings. The van der Waals surface area contributed by atoms with Crippen LogP contribution in [0.5, 0.6) is 0 Å². The van der Waals surface area contributed by atoms with Crippen molar-refractivity contribution >= 4 is 66.6 Å². The first-order valence-corrected chi connectivity index (χ1v) is 17.7. The van der Waals surface area contributed by atoms with Gasteiger partial charge in [-0.2, -0.15) is 14.6 Å². The first-order valence-electron chi connectivity index (χ1n) is 12.8. The molecule has 2 aliphatic heterocycles. The van der Waals surface area contributed by atoms with E-state index in [1.165, 1.54) is 21.5 Å². The average molecular weight is 693 g/mol. The zero-order chi connectivity index (χ0) is 31.3. The Hall–Kier alpha value is -2.68. The Kier molecular flexibility index (Phi) is 8.72. The third kappa shape index (κ3) is 5.97. The van der Waals surface area contributed by atoms with Gasteiger partial charge < -0.3 is 35.5 Å². The number of imidazole rings is 1. The molecule has 23 heteroatoms. The Bertz CT molecular complexity index is 1830. The Morgan fingerprint density at radius 2 is 2.09 bits per heavy atom. The number of anilines is 2. The van der Waals surface area contributed by atoms with Crippen LogP contribution in [0.1, 0.15) is 24.3 Å². The van der Waals surface area contributed by atoms with Gasteiger partial charge in [0.25, 0.3) is 5.56 Å². The first-order chi connectivity index (χ1) is 21.0. The number of nitrogen functional groups attached to an aromatic ring is 2. The van der Waals surface area contributed by atoms with Gasteiger partial charge in [0.1, 0.15) is 42.5 Å². The largest absolute Gasteiger partial charge is 0.582 e. The number of nitrogens with two attached hydrogens (primary N) is 2. The van der Waals surface area contributed by atoms with E-state index in [1.54, 1.807) is 6.07 Å². The van der Waals surface area contributed by atoms with Crippen molar-refractivity contribution in [3.63, 3.8) is 0 Å². The molecule has 4 aromatic heterocycles. The van der Waals surface area contributed by atoms with Crippen LogP contribution >= 0.6 is 26.2 Å². The van der Waals surface area contributed by atoms with Crippen LogP contribution in [0.4, 0.5) is 16.2 Å². The number of alkyl halides is 1. The van der Waals surface area contributed by atoms with Gasteiger partial charge in [-0.25, -0.2) is 14.4 Å². The molecular formula is C21H25FN9O9P2S2+. The van der Waals surface area contributed by atoms with Crippen LogP contribution < -0.4 is 17.0 Å². The molecule has 0 spiro atoms. The monoisotopic (exact) mass is 692 g/mol. The van der Waals surface area contributed by atoms with Gasteiger partial charge in [-0.05, 0) is 22.4 Å². The molecule has 0 saturated carbocycles. The number of ether oxygens (including phenoxy) is 2. The van der Waals surface area contributed by atoms with E-state index in [-0.39, 0.29) is 23.5 Å². The Morgan fingerprint density at radius 1 is 1.30 bits per heavy atom. The van der Waals surface area contributed by atoms with Gasteiger partial charge in [0, 0.05) is 18.2 Å². The number of thiol groups is 1. The molecule has 0 bridgehead atoms. The highest BCUT2D eigenvalue weighted by Crippen LogP contribution is 2.51. The number of rotatable bonds is 10. The van der Waals surface area contributed by atoms with Crippen molar-refractivity contribution in [1.29, 1.82) is 0 Å². The normalized spacial score (nSPS) is 29.0. The van der Waals surface area contributed by atoms with E-state index < -0.39 is 75.6 Å². The van der Waals surface area contributed by atoms with Gasteiger partial charge in [0.15, 0.2) is 29.2 Å². The van der Waals surface area contributed by atoms with Crippen molar-refractivity contribution in [1.82, 2.24) is 34.1 Å². The minimum absolute atomic E-state index is 0.0574. The van der Waals surface area contributed by atoms with Gasteiger partial charge >= 0.3 is 13.9 Å². The second-order valence-electron chi connectivity index (χ2n) is 9.79. The number of aliphatic hydroxyl groups is 1. The summed E-state index contributed by atoms with van der Waals surface area (Å²) in [4.78, 5) is 37.8. The number of fused-ring (bicyclic) bond motifs is 2. The smallest absolute Gasteiger partial charge is 0.394 e. The van der Waals surface area contributed by atoms with E-state index in [0.717, 1.165) is 6.33 Å². The average Bonchev–Trinajstić information content (AvgIpc) is 3.73. The molecule has 44 heavy (non-hydrogen) atoms. The van der Waals surface area contributed by atoms with Gasteiger partial charge in [0.05, 0.1) is 31.8 Å². The Labute approximate surface area is 257 Å². The Balaban J connectivity index is 1.20. The Morgan fingerprint density at radius 3 is 2.84 bits per heavy atom. The molecule has 6 heterocycles.